The predicted octanol–water partition coefficient (Wildman–Crippen LogP) is 2.41. The van der Waals surface area contributed by atoms with Crippen LogP contribution in [0.25, 0.3) is 11.0 Å². The Morgan fingerprint density at radius 3 is 2.85 bits per heavy atom. The number of hydrogen-bond donors (Lipinski definition) is 2. The fourth-order valence-corrected chi connectivity index (χ4v) is 3.14. The van der Waals surface area contributed by atoms with E-state index in [0.29, 0.717) is 11.0 Å². The molecular weight excluding hydrogens is 300 g/mol. The van der Waals surface area contributed by atoms with Crippen LogP contribution in [0.4, 0.5) is 5.82 Å². The number of nitrogens with one attached hydrogen (secondary N) is 2. The Morgan fingerprint density at radius 2 is 2.05 bits per heavy atom. The maximum atomic E-state index is 12.3. The predicted molar refractivity (Wildman–Crippen MR) is 76.1 cm³/mol. The van der Waals surface area contributed by atoms with Gasteiger partial charge in [0.05, 0.1) is 0 Å². The van der Waals surface area contributed by atoms with Crippen LogP contribution in [0.2, 0.25) is 5.15 Å². The van der Waals surface area contributed by atoms with E-state index in [1.807, 2.05) is 0 Å². The molecule has 0 fully saturated rings. The molecule has 8 heteroatoms. The third-order valence-electron chi connectivity index (χ3n) is 2.66. The minimum absolute atomic E-state index is 0.113. The zero-order valence-corrected chi connectivity index (χ0v) is 11.6. The van der Waals surface area contributed by atoms with Gasteiger partial charge in [-0.15, -0.1) is 0 Å². The Hall–Kier alpha value is -2.12. The number of H-pyrrole nitrogens is 1. The van der Waals surface area contributed by atoms with Crippen LogP contribution in [0.5, 0.6) is 0 Å². The fourth-order valence-electron chi connectivity index (χ4n) is 1.81. The van der Waals surface area contributed by atoms with Gasteiger partial charge >= 0.3 is 0 Å². The van der Waals surface area contributed by atoms with Crippen molar-refractivity contribution in [2.24, 2.45) is 0 Å². The van der Waals surface area contributed by atoms with E-state index >= 15 is 0 Å². The SMILES string of the molecule is O=S(=O)(Nc1cccc(Cl)n1)c1c[nH]c2ncccc12. The van der Waals surface area contributed by atoms with Gasteiger partial charge in [-0.1, -0.05) is 17.7 Å². The van der Waals surface area contributed by atoms with E-state index in [1.54, 1.807) is 30.5 Å². The minimum atomic E-state index is -3.76. The third kappa shape index (κ3) is 2.33. The zero-order chi connectivity index (χ0) is 14.2. The molecule has 0 radical (unpaired) electrons. The molecule has 3 aromatic heterocycles. The molecule has 0 amide bonds. The minimum Gasteiger partial charge on any atom is -0.345 e. The number of anilines is 1. The lowest BCUT2D eigenvalue weighted by molar-refractivity contribution is 0.602. The molecule has 0 aliphatic rings. The molecule has 0 saturated heterocycles. The van der Waals surface area contributed by atoms with E-state index < -0.39 is 10.0 Å². The van der Waals surface area contributed by atoms with Gasteiger partial charge in [0, 0.05) is 17.8 Å². The normalized spacial score (nSPS) is 11.7. The highest BCUT2D eigenvalue weighted by Crippen LogP contribution is 2.23. The smallest absolute Gasteiger partial charge is 0.265 e. The molecular formula is C12H9ClN4O2S. The topological polar surface area (TPSA) is 87.7 Å². The van der Waals surface area contributed by atoms with E-state index in [1.165, 1.54) is 12.3 Å². The number of sulfonamides is 1. The van der Waals surface area contributed by atoms with Crippen LogP contribution in [0.1, 0.15) is 0 Å². The first-order valence-electron chi connectivity index (χ1n) is 5.64. The molecule has 102 valence electrons. The lowest BCUT2D eigenvalue weighted by Crippen LogP contribution is -2.13. The Morgan fingerprint density at radius 1 is 1.20 bits per heavy atom. The number of aromatic nitrogens is 3. The summed E-state index contributed by atoms with van der Waals surface area (Å²) >= 11 is 5.73. The van der Waals surface area contributed by atoms with Crippen molar-refractivity contribution >= 4 is 38.5 Å². The van der Waals surface area contributed by atoms with E-state index in [9.17, 15) is 8.42 Å². The van der Waals surface area contributed by atoms with E-state index in [2.05, 4.69) is 19.7 Å². The Balaban J connectivity index is 2.04. The van der Waals surface area contributed by atoms with Crippen molar-refractivity contribution in [1.29, 1.82) is 0 Å². The highest BCUT2D eigenvalue weighted by atomic mass is 35.5. The maximum absolute atomic E-state index is 12.3. The molecule has 0 unspecified atom stereocenters. The van der Waals surface area contributed by atoms with Gasteiger partial charge in [-0.3, -0.25) is 4.72 Å². The molecule has 2 N–H and O–H groups in total. The van der Waals surface area contributed by atoms with Crippen LogP contribution >= 0.6 is 11.6 Å². The summed E-state index contributed by atoms with van der Waals surface area (Å²) in [6, 6.07) is 8.06. The Bertz CT molecular complexity index is 876. The Kier molecular flexibility index (Phi) is 3.07. The summed E-state index contributed by atoms with van der Waals surface area (Å²) in [4.78, 5) is 10.9. The van der Waals surface area contributed by atoms with Gasteiger partial charge in [0.25, 0.3) is 10.0 Å². The molecule has 0 atom stereocenters. The second kappa shape index (κ2) is 4.77. The summed E-state index contributed by atoms with van der Waals surface area (Å²) in [7, 11) is -3.76. The van der Waals surface area contributed by atoms with Crippen LogP contribution in [-0.4, -0.2) is 23.4 Å². The van der Waals surface area contributed by atoms with Crippen molar-refractivity contribution in [1.82, 2.24) is 15.0 Å². The Labute approximate surface area is 119 Å². The first kappa shape index (κ1) is 12.9. The molecule has 0 aromatic carbocycles. The summed E-state index contributed by atoms with van der Waals surface area (Å²) < 4.78 is 27.1. The van der Waals surface area contributed by atoms with Crippen molar-refractivity contribution in [3.8, 4) is 0 Å². The molecule has 3 heterocycles. The summed E-state index contributed by atoms with van der Waals surface area (Å²) in [6.07, 6.45) is 2.98. The summed E-state index contributed by atoms with van der Waals surface area (Å²) in [5.41, 5.74) is 0.506. The average Bonchev–Trinajstić information content (AvgIpc) is 2.82. The zero-order valence-electron chi connectivity index (χ0n) is 10.0. The van der Waals surface area contributed by atoms with Crippen LogP contribution in [0.15, 0.2) is 47.6 Å². The van der Waals surface area contributed by atoms with Crippen LogP contribution in [-0.2, 0) is 10.0 Å². The van der Waals surface area contributed by atoms with Crippen molar-refractivity contribution in [3.05, 3.63) is 47.9 Å². The van der Waals surface area contributed by atoms with Gasteiger partial charge in [0.15, 0.2) is 0 Å². The molecule has 0 spiro atoms. The van der Waals surface area contributed by atoms with Crippen molar-refractivity contribution in [3.63, 3.8) is 0 Å². The van der Waals surface area contributed by atoms with E-state index in [0.717, 1.165) is 0 Å². The second-order valence-electron chi connectivity index (χ2n) is 4.00. The van der Waals surface area contributed by atoms with Crippen molar-refractivity contribution in [2.75, 3.05) is 4.72 Å². The van der Waals surface area contributed by atoms with E-state index in [4.69, 9.17) is 11.6 Å². The number of pyridine rings is 2. The molecule has 6 nitrogen and oxygen atoms in total. The highest BCUT2D eigenvalue weighted by molar-refractivity contribution is 7.93. The van der Waals surface area contributed by atoms with Crippen LogP contribution in [0, 0.1) is 0 Å². The third-order valence-corrected chi connectivity index (χ3v) is 4.26. The van der Waals surface area contributed by atoms with Gasteiger partial charge in [0.1, 0.15) is 21.5 Å². The molecule has 3 aromatic rings. The molecule has 0 aliphatic heterocycles. The molecule has 0 aliphatic carbocycles. The number of hydrogen-bond acceptors (Lipinski definition) is 4. The number of aromatic amines is 1. The fraction of sp³-hybridized carbons (Fsp3) is 0. The van der Waals surface area contributed by atoms with Crippen molar-refractivity contribution in [2.45, 2.75) is 4.90 Å². The molecule has 3 rings (SSSR count). The average molecular weight is 309 g/mol. The van der Waals surface area contributed by atoms with Gasteiger partial charge in [-0.2, -0.15) is 0 Å². The first-order valence-corrected chi connectivity index (χ1v) is 7.50. The molecule has 20 heavy (non-hydrogen) atoms. The number of nitrogens with zero attached hydrogens (tertiary/aromatic N) is 2. The second-order valence-corrected chi connectivity index (χ2v) is 6.04. The number of rotatable bonds is 3. The number of halogens is 1. The van der Waals surface area contributed by atoms with Gasteiger partial charge in [-0.05, 0) is 24.3 Å². The van der Waals surface area contributed by atoms with Gasteiger partial charge in [0.2, 0.25) is 0 Å². The lowest BCUT2D eigenvalue weighted by Gasteiger charge is -2.06. The highest BCUT2D eigenvalue weighted by Gasteiger charge is 2.19. The lowest BCUT2D eigenvalue weighted by atomic mass is 10.3. The largest absolute Gasteiger partial charge is 0.345 e. The standard InChI is InChI=1S/C12H9ClN4O2S/c13-10-4-1-5-11(16-10)17-20(18,19)9-7-15-12-8(9)3-2-6-14-12/h1-7H,(H,14,15)(H,16,17). The van der Waals surface area contributed by atoms with Gasteiger partial charge < -0.3 is 4.98 Å². The maximum Gasteiger partial charge on any atom is 0.265 e. The molecule has 0 bridgehead atoms. The van der Waals surface area contributed by atoms with Crippen LogP contribution in [0.3, 0.4) is 0 Å². The monoisotopic (exact) mass is 308 g/mol. The molecule has 0 saturated carbocycles. The summed E-state index contributed by atoms with van der Waals surface area (Å²) in [6.45, 7) is 0. The quantitative estimate of drug-likeness (QED) is 0.727. The van der Waals surface area contributed by atoms with Crippen molar-refractivity contribution < 1.29 is 8.42 Å². The van der Waals surface area contributed by atoms with Gasteiger partial charge in [-0.25, -0.2) is 18.4 Å². The van der Waals surface area contributed by atoms with Crippen LogP contribution < -0.4 is 4.72 Å². The van der Waals surface area contributed by atoms with E-state index in [-0.39, 0.29) is 15.9 Å². The summed E-state index contributed by atoms with van der Waals surface area (Å²) in [5.74, 6) is 0.163. The number of fused-ring (bicyclic) bond motifs is 1. The first-order chi connectivity index (χ1) is 9.56. The summed E-state index contributed by atoms with van der Waals surface area (Å²) in [5, 5.41) is 0.729.